The number of rotatable bonds is 14. The first kappa shape index (κ1) is 29.4. The molecular formula is C29H36ClN3O5. The minimum atomic E-state index is -0.712. The number of likely N-dealkylation sites (N-methyl/N-ethyl adjacent to an activating group) is 1. The summed E-state index contributed by atoms with van der Waals surface area (Å²) in [6.07, 6.45) is 1.62. The molecule has 0 saturated heterocycles. The van der Waals surface area contributed by atoms with E-state index in [1.54, 1.807) is 42.6 Å². The lowest BCUT2D eigenvalue weighted by atomic mass is 10.1. The van der Waals surface area contributed by atoms with Crippen molar-refractivity contribution in [2.75, 3.05) is 32.8 Å². The minimum absolute atomic E-state index is 0.0377. The number of amides is 1. The molecule has 1 atom stereocenters. The van der Waals surface area contributed by atoms with E-state index in [0.717, 1.165) is 18.7 Å². The van der Waals surface area contributed by atoms with E-state index in [4.69, 9.17) is 21.1 Å². The van der Waals surface area contributed by atoms with Gasteiger partial charge in [-0.25, -0.2) is 0 Å². The Labute approximate surface area is 228 Å². The van der Waals surface area contributed by atoms with Gasteiger partial charge >= 0.3 is 0 Å². The topological polar surface area (TPSA) is 101 Å². The number of Topliss-reactive ketones (excluding diaryl/α,β-unsaturated/α-hetero) is 1. The largest absolute Gasteiger partial charge is 0.490 e. The van der Waals surface area contributed by atoms with Crippen LogP contribution in [0, 0.1) is 0 Å². The van der Waals surface area contributed by atoms with Crippen LogP contribution in [0.1, 0.15) is 50.0 Å². The minimum Gasteiger partial charge on any atom is -0.490 e. The number of carbonyl (C=O) groups excluding carboxylic acids is 2. The van der Waals surface area contributed by atoms with Crippen LogP contribution in [0.25, 0.3) is 10.9 Å². The Kier molecular flexibility index (Phi) is 10.9. The third kappa shape index (κ3) is 7.66. The molecule has 38 heavy (non-hydrogen) atoms. The van der Waals surface area contributed by atoms with Crippen LogP contribution >= 0.6 is 11.6 Å². The number of aliphatic hydroxyl groups excluding tert-OH is 1. The zero-order chi connectivity index (χ0) is 27.7. The summed E-state index contributed by atoms with van der Waals surface area (Å²) in [6.45, 7) is 10.3. The van der Waals surface area contributed by atoms with Crippen molar-refractivity contribution in [3.63, 3.8) is 0 Å². The van der Waals surface area contributed by atoms with Gasteiger partial charge in [0, 0.05) is 48.6 Å². The second-order valence-corrected chi connectivity index (χ2v) is 9.32. The summed E-state index contributed by atoms with van der Waals surface area (Å²) < 4.78 is 12.1. The molecule has 0 aliphatic rings. The molecule has 9 heteroatoms. The molecule has 204 valence electrons. The van der Waals surface area contributed by atoms with Crippen LogP contribution in [0.3, 0.4) is 0 Å². The van der Waals surface area contributed by atoms with Gasteiger partial charge in [0.05, 0.1) is 11.1 Å². The van der Waals surface area contributed by atoms with Crippen molar-refractivity contribution in [3.8, 4) is 17.2 Å². The van der Waals surface area contributed by atoms with Crippen LogP contribution in [0.5, 0.6) is 17.2 Å². The van der Waals surface area contributed by atoms with Gasteiger partial charge in [-0.3, -0.25) is 14.6 Å². The number of benzene rings is 2. The SMILES string of the molecule is CCNC(=O)c1cc2c(Oc3ccc(CC(=O)CC)c(Cl)c3)ccnc2cc1OC[C@H](O)CN(CC)CC. The summed E-state index contributed by atoms with van der Waals surface area (Å²) in [5, 5.41) is 14.3. The molecule has 0 unspecified atom stereocenters. The zero-order valence-electron chi connectivity index (χ0n) is 22.4. The number of aliphatic hydroxyl groups is 1. The fraction of sp³-hybridized carbons (Fsp3) is 0.414. The van der Waals surface area contributed by atoms with Crippen molar-refractivity contribution < 1.29 is 24.2 Å². The maximum Gasteiger partial charge on any atom is 0.255 e. The van der Waals surface area contributed by atoms with Gasteiger partial charge in [0.15, 0.2) is 0 Å². The highest BCUT2D eigenvalue weighted by Crippen LogP contribution is 2.34. The van der Waals surface area contributed by atoms with Gasteiger partial charge in [0.25, 0.3) is 5.91 Å². The molecule has 0 aliphatic heterocycles. The molecule has 0 fully saturated rings. The molecule has 0 saturated carbocycles. The normalized spacial score (nSPS) is 12.0. The third-order valence-electron chi connectivity index (χ3n) is 6.21. The molecule has 3 aromatic rings. The lowest BCUT2D eigenvalue weighted by molar-refractivity contribution is -0.118. The molecular weight excluding hydrogens is 506 g/mol. The molecule has 3 rings (SSSR count). The number of fused-ring (bicyclic) bond motifs is 1. The number of pyridine rings is 1. The van der Waals surface area contributed by atoms with Crippen molar-refractivity contribution in [1.82, 2.24) is 15.2 Å². The Morgan fingerprint density at radius 1 is 1.08 bits per heavy atom. The molecule has 1 aromatic heterocycles. The summed E-state index contributed by atoms with van der Waals surface area (Å²) in [5.74, 6) is 1.12. The number of ketones is 1. The van der Waals surface area contributed by atoms with Gasteiger partial charge in [0.2, 0.25) is 0 Å². The number of ether oxygens (including phenoxy) is 2. The number of carbonyl (C=O) groups is 2. The lowest BCUT2D eigenvalue weighted by Gasteiger charge is -2.22. The Balaban J connectivity index is 1.91. The molecule has 1 amide bonds. The number of halogens is 1. The predicted octanol–water partition coefficient (Wildman–Crippen LogP) is 5.03. The second kappa shape index (κ2) is 14.1. The highest BCUT2D eigenvalue weighted by molar-refractivity contribution is 6.31. The zero-order valence-corrected chi connectivity index (χ0v) is 23.2. The highest BCUT2D eigenvalue weighted by Gasteiger charge is 2.19. The van der Waals surface area contributed by atoms with Crippen molar-refractivity contribution in [2.24, 2.45) is 0 Å². The van der Waals surface area contributed by atoms with Crippen molar-refractivity contribution in [3.05, 3.63) is 58.7 Å². The van der Waals surface area contributed by atoms with E-state index in [2.05, 4.69) is 15.2 Å². The molecule has 0 aliphatic carbocycles. The van der Waals surface area contributed by atoms with Crippen molar-refractivity contribution in [1.29, 1.82) is 0 Å². The van der Waals surface area contributed by atoms with Crippen molar-refractivity contribution >= 4 is 34.2 Å². The molecule has 2 aromatic carbocycles. The van der Waals surface area contributed by atoms with Crippen LogP contribution in [-0.2, 0) is 11.2 Å². The average molecular weight is 542 g/mol. The molecule has 0 spiro atoms. The van der Waals surface area contributed by atoms with Crippen LogP contribution in [0.4, 0.5) is 0 Å². The fourth-order valence-electron chi connectivity index (χ4n) is 4.01. The van der Waals surface area contributed by atoms with E-state index in [9.17, 15) is 14.7 Å². The first-order valence-corrected chi connectivity index (χ1v) is 13.4. The summed E-state index contributed by atoms with van der Waals surface area (Å²) in [4.78, 5) is 31.3. The van der Waals surface area contributed by atoms with E-state index in [-0.39, 0.29) is 24.7 Å². The van der Waals surface area contributed by atoms with Gasteiger partial charge in [-0.05, 0) is 49.8 Å². The number of hydrogen-bond donors (Lipinski definition) is 2. The maximum atomic E-state index is 12.9. The number of nitrogens with one attached hydrogen (secondary N) is 1. The molecule has 1 heterocycles. The van der Waals surface area contributed by atoms with E-state index in [0.29, 0.717) is 58.2 Å². The first-order chi connectivity index (χ1) is 18.3. The van der Waals surface area contributed by atoms with Gasteiger partial charge in [-0.15, -0.1) is 0 Å². The maximum absolute atomic E-state index is 12.9. The van der Waals surface area contributed by atoms with E-state index in [1.807, 2.05) is 27.7 Å². The fourth-order valence-corrected chi connectivity index (χ4v) is 4.25. The molecule has 0 radical (unpaired) electrons. The van der Waals surface area contributed by atoms with Crippen molar-refractivity contribution in [2.45, 2.75) is 46.6 Å². The highest BCUT2D eigenvalue weighted by atomic mass is 35.5. The van der Waals surface area contributed by atoms with Gasteiger partial charge < -0.3 is 24.8 Å². The van der Waals surface area contributed by atoms with E-state index in [1.165, 1.54) is 0 Å². The number of aromatic nitrogens is 1. The number of hydrogen-bond acceptors (Lipinski definition) is 7. The van der Waals surface area contributed by atoms with E-state index < -0.39 is 6.10 Å². The Morgan fingerprint density at radius 2 is 1.84 bits per heavy atom. The summed E-state index contributed by atoms with van der Waals surface area (Å²) in [5.41, 5.74) is 1.63. The molecule has 0 bridgehead atoms. The van der Waals surface area contributed by atoms with Crippen LogP contribution in [0.15, 0.2) is 42.6 Å². The molecule has 8 nitrogen and oxygen atoms in total. The molecule has 2 N–H and O–H groups in total. The van der Waals surface area contributed by atoms with Crippen LogP contribution in [-0.4, -0.2) is 65.6 Å². The quantitative estimate of drug-likeness (QED) is 0.295. The summed E-state index contributed by atoms with van der Waals surface area (Å²) >= 11 is 6.41. The van der Waals surface area contributed by atoms with Gasteiger partial charge in [0.1, 0.15) is 35.7 Å². The number of nitrogens with zero attached hydrogens (tertiary/aromatic N) is 2. The monoisotopic (exact) mass is 541 g/mol. The lowest BCUT2D eigenvalue weighted by Crippen LogP contribution is -2.35. The summed E-state index contributed by atoms with van der Waals surface area (Å²) in [6, 6.07) is 10.3. The Morgan fingerprint density at radius 3 is 2.50 bits per heavy atom. The standard InChI is InChI=1S/C29H36ClN3O5/c1-5-20(34)13-19-9-10-22(14-25(19)30)38-27-11-12-32-26-16-28(24(15-23(26)27)29(36)31-6-2)37-18-21(35)17-33(7-3)8-4/h9-12,14-16,21,35H,5-8,13,17-18H2,1-4H3,(H,31,36)/t21-/m1/s1. The Bertz CT molecular complexity index is 1260. The van der Waals surface area contributed by atoms with Crippen LogP contribution < -0.4 is 14.8 Å². The van der Waals surface area contributed by atoms with Crippen LogP contribution in [0.2, 0.25) is 5.02 Å². The third-order valence-corrected chi connectivity index (χ3v) is 6.57. The smallest absolute Gasteiger partial charge is 0.255 e. The average Bonchev–Trinajstić information content (AvgIpc) is 2.91. The van der Waals surface area contributed by atoms with Gasteiger partial charge in [-0.2, -0.15) is 0 Å². The Hall–Kier alpha value is -3.20. The second-order valence-electron chi connectivity index (χ2n) is 8.91. The predicted molar refractivity (Wildman–Crippen MR) is 150 cm³/mol. The van der Waals surface area contributed by atoms with Gasteiger partial charge in [-0.1, -0.05) is 38.4 Å². The van der Waals surface area contributed by atoms with E-state index >= 15 is 0 Å². The summed E-state index contributed by atoms with van der Waals surface area (Å²) in [7, 11) is 0. The first-order valence-electron chi connectivity index (χ1n) is 13.0.